The molecule has 0 spiro atoms. The van der Waals surface area contributed by atoms with Crippen molar-refractivity contribution in [1.82, 2.24) is 10.2 Å². The Balaban J connectivity index is 2.34. The minimum atomic E-state index is -1.11. The van der Waals surface area contributed by atoms with E-state index in [9.17, 15) is 14.1 Å². The minimum Gasteiger partial charge on any atom is -0.389 e. The fraction of sp³-hybridized carbons (Fsp3) is 0.500. The molecular formula is C14H22N2O3S. The van der Waals surface area contributed by atoms with E-state index in [0.29, 0.717) is 12.3 Å². The molecule has 0 saturated heterocycles. The van der Waals surface area contributed by atoms with Crippen molar-refractivity contribution in [2.24, 2.45) is 0 Å². The normalized spacial score (nSPS) is 12.8. The number of nitrogens with one attached hydrogen (secondary N) is 1. The van der Waals surface area contributed by atoms with Gasteiger partial charge in [-0.1, -0.05) is 18.2 Å². The number of urea groups is 1. The molecule has 2 amide bonds. The van der Waals surface area contributed by atoms with Crippen LogP contribution in [0, 0.1) is 0 Å². The zero-order chi connectivity index (χ0) is 15.2. The number of likely N-dealkylation sites (N-methyl/N-ethyl adjacent to an activating group) is 1. The predicted molar refractivity (Wildman–Crippen MR) is 80.0 cm³/mol. The molecular weight excluding hydrogens is 276 g/mol. The summed E-state index contributed by atoms with van der Waals surface area (Å²) in [5.74, 6) is 0.367. The van der Waals surface area contributed by atoms with Gasteiger partial charge >= 0.3 is 6.03 Å². The SMILES string of the molecule is CN(CC(C)(C)O)C(=O)NCCS(=O)c1ccccc1. The molecule has 0 heterocycles. The summed E-state index contributed by atoms with van der Waals surface area (Å²) in [7, 11) is 0.498. The first-order valence-electron chi connectivity index (χ1n) is 6.44. The van der Waals surface area contributed by atoms with Gasteiger partial charge in [-0.15, -0.1) is 0 Å². The number of rotatable bonds is 6. The van der Waals surface area contributed by atoms with Crippen LogP contribution in [0.25, 0.3) is 0 Å². The van der Waals surface area contributed by atoms with E-state index in [0.717, 1.165) is 4.90 Å². The second kappa shape index (κ2) is 7.40. The molecule has 1 aromatic carbocycles. The first-order valence-corrected chi connectivity index (χ1v) is 7.76. The zero-order valence-electron chi connectivity index (χ0n) is 12.1. The topological polar surface area (TPSA) is 69.6 Å². The average Bonchev–Trinajstić information content (AvgIpc) is 2.37. The quantitative estimate of drug-likeness (QED) is 0.829. The zero-order valence-corrected chi connectivity index (χ0v) is 12.9. The first-order chi connectivity index (χ1) is 9.29. The Morgan fingerprint density at radius 3 is 2.50 bits per heavy atom. The van der Waals surface area contributed by atoms with Gasteiger partial charge in [-0.3, -0.25) is 4.21 Å². The maximum atomic E-state index is 11.9. The number of nitrogens with zero attached hydrogens (tertiary/aromatic N) is 1. The van der Waals surface area contributed by atoms with Crippen LogP contribution >= 0.6 is 0 Å². The number of amides is 2. The van der Waals surface area contributed by atoms with Crippen molar-refractivity contribution in [3.8, 4) is 0 Å². The first kappa shape index (κ1) is 16.7. The highest BCUT2D eigenvalue weighted by Crippen LogP contribution is 2.05. The Hall–Kier alpha value is -1.40. The van der Waals surface area contributed by atoms with Crippen molar-refractivity contribution in [1.29, 1.82) is 0 Å². The third-order valence-corrected chi connectivity index (χ3v) is 3.91. The average molecular weight is 298 g/mol. The monoisotopic (exact) mass is 298 g/mol. The van der Waals surface area contributed by atoms with Gasteiger partial charge in [0, 0.05) is 24.2 Å². The summed E-state index contributed by atoms with van der Waals surface area (Å²) >= 11 is 0. The molecule has 0 bridgehead atoms. The molecule has 1 unspecified atom stereocenters. The fourth-order valence-corrected chi connectivity index (χ4v) is 2.71. The predicted octanol–water partition coefficient (Wildman–Crippen LogP) is 1.21. The van der Waals surface area contributed by atoms with Crippen LogP contribution in [0.4, 0.5) is 4.79 Å². The fourth-order valence-electron chi connectivity index (χ4n) is 1.73. The Morgan fingerprint density at radius 1 is 1.35 bits per heavy atom. The molecule has 0 aliphatic heterocycles. The van der Waals surface area contributed by atoms with E-state index in [1.165, 1.54) is 4.90 Å². The van der Waals surface area contributed by atoms with Crippen molar-refractivity contribution < 1.29 is 14.1 Å². The number of hydrogen-bond donors (Lipinski definition) is 2. The molecule has 0 saturated carbocycles. The Kier molecular flexibility index (Phi) is 6.16. The molecule has 20 heavy (non-hydrogen) atoms. The van der Waals surface area contributed by atoms with Gasteiger partial charge in [-0.05, 0) is 26.0 Å². The molecule has 1 aromatic rings. The third-order valence-electron chi connectivity index (χ3n) is 2.54. The molecule has 1 rings (SSSR count). The smallest absolute Gasteiger partial charge is 0.317 e. The van der Waals surface area contributed by atoms with Gasteiger partial charge in [0.1, 0.15) is 0 Å². The third kappa shape index (κ3) is 6.16. The number of hydrogen-bond acceptors (Lipinski definition) is 3. The summed E-state index contributed by atoms with van der Waals surface area (Å²) in [6.45, 7) is 3.85. The van der Waals surface area contributed by atoms with Crippen LogP contribution in [-0.4, -0.2) is 51.7 Å². The van der Waals surface area contributed by atoms with Crippen LogP contribution in [0.3, 0.4) is 0 Å². The maximum Gasteiger partial charge on any atom is 0.317 e. The van der Waals surface area contributed by atoms with Gasteiger partial charge in [-0.2, -0.15) is 0 Å². The Bertz CT molecular complexity index is 457. The Labute approximate surface area is 122 Å². The molecule has 5 nitrogen and oxygen atoms in total. The van der Waals surface area contributed by atoms with Crippen LogP contribution in [0.1, 0.15) is 13.8 Å². The summed E-state index contributed by atoms with van der Waals surface area (Å²) in [5, 5.41) is 12.3. The summed E-state index contributed by atoms with van der Waals surface area (Å²) in [5.41, 5.74) is -0.932. The summed E-state index contributed by atoms with van der Waals surface area (Å²) < 4.78 is 11.9. The van der Waals surface area contributed by atoms with Gasteiger partial charge in [0.25, 0.3) is 0 Å². The summed E-state index contributed by atoms with van der Waals surface area (Å²) in [6, 6.07) is 8.87. The van der Waals surface area contributed by atoms with E-state index in [2.05, 4.69) is 5.32 Å². The number of benzene rings is 1. The molecule has 1 atom stereocenters. The van der Waals surface area contributed by atoms with Gasteiger partial charge in [0.15, 0.2) is 0 Å². The highest BCUT2D eigenvalue weighted by Gasteiger charge is 2.19. The second-order valence-corrected chi connectivity index (χ2v) is 6.83. The molecule has 6 heteroatoms. The van der Waals surface area contributed by atoms with E-state index in [1.54, 1.807) is 33.0 Å². The van der Waals surface area contributed by atoms with Gasteiger partial charge in [0.05, 0.1) is 22.9 Å². The number of carbonyl (C=O) groups is 1. The van der Waals surface area contributed by atoms with Gasteiger partial charge in [-0.25, -0.2) is 4.79 Å². The van der Waals surface area contributed by atoms with Crippen LogP contribution < -0.4 is 5.32 Å². The lowest BCUT2D eigenvalue weighted by Gasteiger charge is -2.25. The molecule has 2 N–H and O–H groups in total. The van der Waals surface area contributed by atoms with Crippen molar-refractivity contribution in [3.05, 3.63) is 30.3 Å². The van der Waals surface area contributed by atoms with Crippen molar-refractivity contribution in [2.45, 2.75) is 24.3 Å². The van der Waals surface area contributed by atoms with Crippen molar-refractivity contribution in [3.63, 3.8) is 0 Å². The van der Waals surface area contributed by atoms with E-state index in [1.807, 2.05) is 18.2 Å². The second-order valence-electron chi connectivity index (χ2n) is 5.26. The van der Waals surface area contributed by atoms with Crippen LogP contribution in [0.2, 0.25) is 0 Å². The minimum absolute atomic E-state index is 0.237. The van der Waals surface area contributed by atoms with E-state index >= 15 is 0 Å². The van der Waals surface area contributed by atoms with Crippen LogP contribution in [0.15, 0.2) is 35.2 Å². The Morgan fingerprint density at radius 2 is 1.95 bits per heavy atom. The molecule has 0 fully saturated rings. The van der Waals surface area contributed by atoms with Crippen molar-refractivity contribution in [2.75, 3.05) is 25.9 Å². The lowest BCUT2D eigenvalue weighted by atomic mass is 10.1. The van der Waals surface area contributed by atoms with Crippen molar-refractivity contribution >= 4 is 16.8 Å². The van der Waals surface area contributed by atoms with Gasteiger partial charge < -0.3 is 15.3 Å². The molecule has 0 aliphatic rings. The van der Waals surface area contributed by atoms with E-state index < -0.39 is 16.4 Å². The summed E-state index contributed by atoms with van der Waals surface area (Å²) in [6.07, 6.45) is 0. The highest BCUT2D eigenvalue weighted by atomic mass is 32.2. The molecule has 112 valence electrons. The van der Waals surface area contributed by atoms with Crippen LogP contribution in [-0.2, 0) is 10.8 Å². The van der Waals surface area contributed by atoms with Crippen LogP contribution in [0.5, 0.6) is 0 Å². The van der Waals surface area contributed by atoms with E-state index in [4.69, 9.17) is 0 Å². The van der Waals surface area contributed by atoms with Gasteiger partial charge in [0.2, 0.25) is 0 Å². The number of aliphatic hydroxyl groups is 1. The summed E-state index contributed by atoms with van der Waals surface area (Å²) in [4.78, 5) is 13.9. The largest absolute Gasteiger partial charge is 0.389 e. The van der Waals surface area contributed by atoms with E-state index in [-0.39, 0.29) is 12.6 Å². The maximum absolute atomic E-state index is 11.9. The lowest BCUT2D eigenvalue weighted by molar-refractivity contribution is 0.0533. The lowest BCUT2D eigenvalue weighted by Crippen LogP contribution is -2.45. The standard InChI is InChI=1S/C14H22N2O3S/c1-14(2,18)11-16(3)13(17)15-9-10-20(19)12-7-5-4-6-8-12/h4-8,18H,9-11H2,1-3H3,(H,15,17). The molecule has 0 aromatic heterocycles. The number of carbonyl (C=O) groups excluding carboxylic acids is 1. The molecule has 0 radical (unpaired) electrons. The molecule has 0 aliphatic carbocycles. The highest BCUT2D eigenvalue weighted by molar-refractivity contribution is 7.85.